The second kappa shape index (κ2) is 9.72. The molecule has 0 fully saturated rings. The van der Waals surface area contributed by atoms with Crippen LogP contribution in [0.4, 0.5) is 0 Å². The van der Waals surface area contributed by atoms with Gasteiger partial charge in [0.15, 0.2) is 16.4 Å². The zero-order valence-corrected chi connectivity index (χ0v) is 15.8. The first-order valence-corrected chi connectivity index (χ1v) is 10.1. The lowest BCUT2D eigenvalue weighted by molar-refractivity contribution is -0.129. The fourth-order valence-electron chi connectivity index (χ4n) is 2.18. The Hall–Kier alpha value is -2.87. The van der Waals surface area contributed by atoms with Crippen molar-refractivity contribution in [3.8, 4) is 5.75 Å². The van der Waals surface area contributed by atoms with Gasteiger partial charge in [-0.25, -0.2) is 8.42 Å². The molecule has 144 valence electrons. The van der Waals surface area contributed by atoms with Crippen molar-refractivity contribution >= 4 is 21.7 Å². The summed E-state index contributed by atoms with van der Waals surface area (Å²) in [6, 6.07) is 15.2. The minimum Gasteiger partial charge on any atom is -0.484 e. The summed E-state index contributed by atoms with van der Waals surface area (Å²) in [5, 5.41) is 0. The van der Waals surface area contributed by atoms with E-state index in [0.29, 0.717) is 5.75 Å². The number of amides is 2. The first-order chi connectivity index (χ1) is 12.9. The lowest BCUT2D eigenvalue weighted by atomic mass is 10.2. The topological polar surface area (TPSA) is 102 Å². The van der Waals surface area contributed by atoms with Gasteiger partial charge >= 0.3 is 0 Å². The maximum Gasteiger partial charge on any atom is 0.276 e. The van der Waals surface area contributed by atoms with Gasteiger partial charge in [-0.3, -0.25) is 20.4 Å². The molecule has 0 aliphatic carbocycles. The highest BCUT2D eigenvalue weighted by molar-refractivity contribution is 7.91. The van der Waals surface area contributed by atoms with Crippen LogP contribution in [0.2, 0.25) is 0 Å². The van der Waals surface area contributed by atoms with Gasteiger partial charge < -0.3 is 4.74 Å². The Bertz CT molecular complexity index is 865. The molecule has 0 saturated heterocycles. The van der Waals surface area contributed by atoms with Crippen molar-refractivity contribution in [1.82, 2.24) is 10.9 Å². The predicted octanol–water partition coefficient (Wildman–Crippen LogP) is 1.64. The highest BCUT2D eigenvalue weighted by atomic mass is 32.2. The minimum absolute atomic E-state index is 0.157. The largest absolute Gasteiger partial charge is 0.484 e. The molecule has 7 nitrogen and oxygen atoms in total. The third kappa shape index (κ3) is 6.74. The van der Waals surface area contributed by atoms with Crippen molar-refractivity contribution in [3.63, 3.8) is 0 Å². The molecule has 0 aliphatic rings. The molecule has 8 heteroatoms. The Morgan fingerprint density at radius 3 is 2.19 bits per heavy atom. The molecular weight excluding hydrogens is 368 g/mol. The van der Waals surface area contributed by atoms with Crippen LogP contribution in [0.15, 0.2) is 59.5 Å². The quantitative estimate of drug-likeness (QED) is 0.667. The molecule has 0 bridgehead atoms. The van der Waals surface area contributed by atoms with E-state index in [1.54, 1.807) is 30.3 Å². The molecular formula is C19H22N2O5S. The summed E-state index contributed by atoms with van der Waals surface area (Å²) >= 11 is 0. The van der Waals surface area contributed by atoms with Crippen LogP contribution in [0.25, 0.3) is 0 Å². The van der Waals surface area contributed by atoms with Gasteiger partial charge in [0.25, 0.3) is 5.91 Å². The molecule has 0 unspecified atom stereocenters. The average Bonchev–Trinajstić information content (AvgIpc) is 2.70. The summed E-state index contributed by atoms with van der Waals surface area (Å²) in [5.74, 6) is -0.953. The van der Waals surface area contributed by atoms with E-state index in [-0.39, 0.29) is 23.7 Å². The number of hydrogen-bond donors (Lipinski definition) is 2. The minimum atomic E-state index is -3.54. The van der Waals surface area contributed by atoms with Crippen molar-refractivity contribution in [2.75, 3.05) is 12.4 Å². The van der Waals surface area contributed by atoms with E-state index in [9.17, 15) is 18.0 Å². The van der Waals surface area contributed by atoms with E-state index >= 15 is 0 Å². The van der Waals surface area contributed by atoms with Crippen LogP contribution in [-0.2, 0) is 25.8 Å². The zero-order chi connectivity index (χ0) is 19.7. The Morgan fingerprint density at radius 1 is 0.926 bits per heavy atom. The molecule has 2 amide bonds. The maximum absolute atomic E-state index is 12.1. The fraction of sp³-hybridized carbons (Fsp3) is 0.263. The summed E-state index contributed by atoms with van der Waals surface area (Å²) in [6.45, 7) is 1.77. The zero-order valence-electron chi connectivity index (χ0n) is 15.0. The second-order valence-electron chi connectivity index (χ2n) is 5.76. The van der Waals surface area contributed by atoms with E-state index in [0.717, 1.165) is 12.0 Å². The molecule has 2 N–H and O–H groups in total. The first kappa shape index (κ1) is 20.4. The number of sulfone groups is 1. The SMILES string of the molecule is CCc1ccc(OCC(=O)NNC(=O)CCS(=O)(=O)c2ccccc2)cc1. The number of hydrogen-bond acceptors (Lipinski definition) is 5. The van der Waals surface area contributed by atoms with Gasteiger partial charge in [-0.1, -0.05) is 37.3 Å². The number of aryl methyl sites for hydroxylation is 1. The Labute approximate surface area is 158 Å². The van der Waals surface area contributed by atoms with E-state index in [1.807, 2.05) is 19.1 Å². The number of carbonyl (C=O) groups is 2. The molecule has 0 atom stereocenters. The molecule has 0 heterocycles. The van der Waals surface area contributed by atoms with Crippen molar-refractivity contribution in [2.45, 2.75) is 24.7 Å². The lowest BCUT2D eigenvalue weighted by Crippen LogP contribution is -2.44. The van der Waals surface area contributed by atoms with Crippen LogP contribution in [-0.4, -0.2) is 32.6 Å². The molecule has 0 aliphatic heterocycles. The summed E-state index contributed by atoms with van der Waals surface area (Å²) in [6.07, 6.45) is 0.642. The molecule has 2 rings (SSSR count). The highest BCUT2D eigenvalue weighted by Crippen LogP contribution is 2.12. The second-order valence-corrected chi connectivity index (χ2v) is 7.87. The maximum atomic E-state index is 12.1. The molecule has 27 heavy (non-hydrogen) atoms. The molecule has 0 saturated carbocycles. The molecule has 0 spiro atoms. The van der Waals surface area contributed by atoms with Crippen LogP contribution in [0.3, 0.4) is 0 Å². The van der Waals surface area contributed by atoms with Gasteiger partial charge in [-0.05, 0) is 36.2 Å². The van der Waals surface area contributed by atoms with Crippen molar-refractivity contribution in [2.24, 2.45) is 0 Å². The molecule has 0 aromatic heterocycles. The number of benzene rings is 2. The third-order valence-electron chi connectivity index (χ3n) is 3.74. The highest BCUT2D eigenvalue weighted by Gasteiger charge is 2.16. The van der Waals surface area contributed by atoms with Gasteiger partial charge in [-0.2, -0.15) is 0 Å². The van der Waals surface area contributed by atoms with Crippen LogP contribution < -0.4 is 15.6 Å². The Kier molecular flexibility index (Phi) is 7.36. The number of ether oxygens (including phenoxy) is 1. The summed E-state index contributed by atoms with van der Waals surface area (Å²) < 4.78 is 29.5. The number of rotatable bonds is 8. The van der Waals surface area contributed by atoms with Crippen LogP contribution in [0.5, 0.6) is 5.75 Å². The van der Waals surface area contributed by atoms with E-state index in [1.165, 1.54) is 12.1 Å². The van der Waals surface area contributed by atoms with Gasteiger partial charge in [0, 0.05) is 6.42 Å². The Morgan fingerprint density at radius 2 is 1.56 bits per heavy atom. The van der Waals surface area contributed by atoms with Crippen LogP contribution in [0, 0.1) is 0 Å². The smallest absolute Gasteiger partial charge is 0.276 e. The van der Waals surface area contributed by atoms with Crippen molar-refractivity contribution in [1.29, 1.82) is 0 Å². The Balaban J connectivity index is 1.70. The first-order valence-electron chi connectivity index (χ1n) is 8.48. The number of nitrogens with one attached hydrogen (secondary N) is 2. The van der Waals surface area contributed by atoms with Gasteiger partial charge in [-0.15, -0.1) is 0 Å². The lowest BCUT2D eigenvalue weighted by Gasteiger charge is -2.09. The average molecular weight is 390 g/mol. The summed E-state index contributed by atoms with van der Waals surface area (Å²) in [7, 11) is -3.54. The predicted molar refractivity (Wildman–Crippen MR) is 101 cm³/mol. The standard InChI is InChI=1S/C19H22N2O5S/c1-2-15-8-10-16(11-9-15)26-14-19(23)21-20-18(22)12-13-27(24,25)17-6-4-3-5-7-17/h3-11H,2,12-14H2,1H3,(H,20,22)(H,21,23). The normalized spacial score (nSPS) is 10.9. The summed E-state index contributed by atoms with van der Waals surface area (Å²) in [4.78, 5) is 23.6. The monoisotopic (exact) mass is 390 g/mol. The van der Waals surface area contributed by atoms with Crippen molar-refractivity contribution in [3.05, 3.63) is 60.2 Å². The fourth-order valence-corrected chi connectivity index (χ4v) is 3.44. The van der Waals surface area contributed by atoms with E-state index < -0.39 is 21.7 Å². The number of carbonyl (C=O) groups excluding carboxylic acids is 2. The van der Waals surface area contributed by atoms with E-state index in [4.69, 9.17) is 4.74 Å². The van der Waals surface area contributed by atoms with Crippen molar-refractivity contribution < 1.29 is 22.7 Å². The third-order valence-corrected chi connectivity index (χ3v) is 5.48. The van der Waals surface area contributed by atoms with Gasteiger partial charge in [0.2, 0.25) is 5.91 Å². The van der Waals surface area contributed by atoms with Crippen LogP contribution >= 0.6 is 0 Å². The number of hydrazine groups is 1. The van der Waals surface area contributed by atoms with E-state index in [2.05, 4.69) is 10.9 Å². The molecule has 2 aromatic carbocycles. The molecule has 0 radical (unpaired) electrons. The summed E-state index contributed by atoms with van der Waals surface area (Å²) in [5.41, 5.74) is 5.53. The van der Waals surface area contributed by atoms with Gasteiger partial charge in [0.05, 0.1) is 10.6 Å². The van der Waals surface area contributed by atoms with Crippen LogP contribution in [0.1, 0.15) is 18.9 Å². The van der Waals surface area contributed by atoms with Gasteiger partial charge in [0.1, 0.15) is 5.75 Å². The molecule has 2 aromatic rings.